The zero-order chi connectivity index (χ0) is 14.3. The van der Waals surface area contributed by atoms with Gasteiger partial charge in [-0.05, 0) is 18.8 Å². The van der Waals surface area contributed by atoms with E-state index >= 15 is 0 Å². The van der Waals surface area contributed by atoms with Crippen LogP contribution in [-0.4, -0.2) is 16.1 Å². The number of rotatable bonds is 8. The van der Waals surface area contributed by atoms with Crippen molar-refractivity contribution in [1.29, 1.82) is 0 Å². The molecule has 3 N–H and O–H groups in total. The van der Waals surface area contributed by atoms with Crippen molar-refractivity contribution < 1.29 is 0 Å². The van der Waals surface area contributed by atoms with Gasteiger partial charge in [0, 0.05) is 12.6 Å². The van der Waals surface area contributed by atoms with Gasteiger partial charge in [-0.15, -0.1) is 0 Å². The van der Waals surface area contributed by atoms with E-state index in [-0.39, 0.29) is 5.82 Å². The molecule has 0 saturated heterocycles. The molecule has 1 rings (SSSR count). The average molecular weight is 268 g/mol. The highest BCUT2D eigenvalue weighted by molar-refractivity contribution is 5.25. The number of nitrogens with zero attached hydrogens (tertiary/aromatic N) is 2. The van der Waals surface area contributed by atoms with E-state index < -0.39 is 11.2 Å². The molecule has 7 heteroatoms. The third-order valence-corrected chi connectivity index (χ3v) is 3.15. The van der Waals surface area contributed by atoms with E-state index in [1.807, 2.05) is 0 Å². The average Bonchev–Trinajstić information content (AvgIpc) is 2.34. The lowest BCUT2D eigenvalue weighted by Gasteiger charge is -2.16. The third kappa shape index (κ3) is 4.69. The maximum atomic E-state index is 11.6. The molecule has 1 heterocycles. The van der Waals surface area contributed by atoms with Crippen LogP contribution in [0.15, 0.2) is 20.8 Å². The van der Waals surface area contributed by atoms with Gasteiger partial charge in [0.05, 0.1) is 6.54 Å². The fraction of sp³-hybridized carbons (Fsp3) is 0.667. The second kappa shape index (κ2) is 7.50. The second-order valence-corrected chi connectivity index (χ2v) is 4.60. The van der Waals surface area contributed by atoms with Gasteiger partial charge in [-0.25, -0.2) is 4.79 Å². The predicted molar refractivity (Wildman–Crippen MR) is 74.0 cm³/mol. The molecule has 7 nitrogen and oxygen atoms in total. The number of anilines is 1. The molecule has 1 unspecified atom stereocenters. The monoisotopic (exact) mass is 268 g/mol. The van der Waals surface area contributed by atoms with Gasteiger partial charge in [0.1, 0.15) is 5.82 Å². The summed E-state index contributed by atoms with van der Waals surface area (Å²) in [5.74, 6) is 0.499. The smallest absolute Gasteiger partial charge is 0.329 e. The van der Waals surface area contributed by atoms with Crippen molar-refractivity contribution in [3.8, 4) is 0 Å². The van der Waals surface area contributed by atoms with Gasteiger partial charge in [-0.1, -0.05) is 24.9 Å². The largest absolute Gasteiger partial charge is 0.385 e. The third-order valence-electron chi connectivity index (χ3n) is 3.15. The number of aromatic amines is 1. The molecule has 0 fully saturated rings. The quantitative estimate of drug-likeness (QED) is 0.687. The first kappa shape index (κ1) is 15.1. The van der Waals surface area contributed by atoms with E-state index in [1.165, 1.54) is 10.6 Å². The van der Waals surface area contributed by atoms with E-state index in [4.69, 9.17) is 5.73 Å². The van der Waals surface area contributed by atoms with E-state index in [9.17, 15) is 14.5 Å². The zero-order valence-electron chi connectivity index (χ0n) is 11.1. The number of nitrogens with one attached hydrogen (secondary N) is 1. The van der Waals surface area contributed by atoms with Gasteiger partial charge in [-0.2, -0.15) is 4.91 Å². The second-order valence-electron chi connectivity index (χ2n) is 4.60. The fourth-order valence-electron chi connectivity index (χ4n) is 2.16. The van der Waals surface area contributed by atoms with Crippen molar-refractivity contribution in [2.75, 3.05) is 12.3 Å². The Morgan fingerprint density at radius 1 is 1.37 bits per heavy atom. The van der Waals surface area contributed by atoms with Crippen LogP contribution in [-0.2, 0) is 6.54 Å². The molecule has 1 atom stereocenters. The summed E-state index contributed by atoms with van der Waals surface area (Å²) in [5.41, 5.74) is 4.67. The van der Waals surface area contributed by atoms with Gasteiger partial charge in [0.25, 0.3) is 5.56 Å². The van der Waals surface area contributed by atoms with Gasteiger partial charge >= 0.3 is 5.69 Å². The number of hydrogen-bond acceptors (Lipinski definition) is 5. The molecule has 0 saturated carbocycles. The molecule has 0 aromatic carbocycles. The summed E-state index contributed by atoms with van der Waals surface area (Å²) in [7, 11) is 0. The highest BCUT2D eigenvalue weighted by Crippen LogP contribution is 2.17. The number of nitrogens with two attached hydrogens (primary N) is 1. The highest BCUT2D eigenvalue weighted by Gasteiger charge is 2.10. The number of aromatic nitrogens is 2. The Morgan fingerprint density at radius 2 is 2.11 bits per heavy atom. The van der Waals surface area contributed by atoms with Crippen LogP contribution in [0.1, 0.15) is 32.6 Å². The highest BCUT2D eigenvalue weighted by atomic mass is 16.3. The Hall–Kier alpha value is -1.92. The van der Waals surface area contributed by atoms with Gasteiger partial charge in [0.2, 0.25) is 0 Å². The Bertz CT molecular complexity index is 520. The molecule has 19 heavy (non-hydrogen) atoms. The summed E-state index contributed by atoms with van der Waals surface area (Å²) in [4.78, 5) is 35.0. The lowest BCUT2D eigenvalue weighted by atomic mass is 9.96. The number of nitroso groups, excluding NO2 is 1. The Morgan fingerprint density at radius 3 is 2.68 bits per heavy atom. The first-order valence-corrected chi connectivity index (χ1v) is 6.47. The van der Waals surface area contributed by atoms with Crippen molar-refractivity contribution >= 4 is 5.82 Å². The molecule has 0 spiro atoms. The Balaban J connectivity index is 2.71. The van der Waals surface area contributed by atoms with Crippen molar-refractivity contribution in [2.45, 2.75) is 39.2 Å². The van der Waals surface area contributed by atoms with E-state index in [1.54, 1.807) is 0 Å². The van der Waals surface area contributed by atoms with Crippen LogP contribution in [0.2, 0.25) is 0 Å². The van der Waals surface area contributed by atoms with Crippen LogP contribution in [0.5, 0.6) is 0 Å². The first-order valence-electron chi connectivity index (χ1n) is 6.47. The first-order chi connectivity index (χ1) is 9.08. The predicted octanol–water partition coefficient (Wildman–Crippen LogP) is 1.08. The summed E-state index contributed by atoms with van der Waals surface area (Å²) < 4.78 is 1.35. The molecular weight excluding hydrogens is 248 g/mol. The Labute approximate surface area is 110 Å². The van der Waals surface area contributed by atoms with Crippen molar-refractivity contribution in [2.24, 2.45) is 11.1 Å². The lowest BCUT2D eigenvalue weighted by molar-refractivity contribution is 0.391. The van der Waals surface area contributed by atoms with Crippen molar-refractivity contribution in [1.82, 2.24) is 9.55 Å². The minimum Gasteiger partial charge on any atom is -0.385 e. The maximum absolute atomic E-state index is 11.6. The molecule has 0 aliphatic rings. The molecule has 0 aliphatic carbocycles. The lowest BCUT2D eigenvalue weighted by Crippen LogP contribution is -2.31. The van der Waals surface area contributed by atoms with Crippen LogP contribution >= 0.6 is 0 Å². The molecular formula is C12H20N4O3. The number of hydrogen-bond donors (Lipinski definition) is 2. The molecule has 1 aromatic rings. The Kier molecular flexibility index (Phi) is 5.98. The normalized spacial score (nSPS) is 12.3. The van der Waals surface area contributed by atoms with E-state index in [2.05, 4.69) is 17.1 Å². The fourth-order valence-corrected chi connectivity index (χ4v) is 2.16. The van der Waals surface area contributed by atoms with Crippen LogP contribution in [0.25, 0.3) is 0 Å². The molecule has 0 bridgehead atoms. The minimum absolute atomic E-state index is 0.164. The molecule has 0 amide bonds. The van der Waals surface area contributed by atoms with Crippen LogP contribution < -0.4 is 17.0 Å². The standard InChI is InChI=1S/C12H20N4O3/c1-2-3-9(4-6-14-19)5-7-16-10(13)8-11(17)15-12(16)18/h8-9H,2-7,13H2,1H3,(H,15,17,18). The topological polar surface area (TPSA) is 110 Å². The summed E-state index contributed by atoms with van der Waals surface area (Å²) >= 11 is 0. The van der Waals surface area contributed by atoms with Gasteiger partial charge < -0.3 is 5.73 Å². The molecule has 0 radical (unpaired) electrons. The molecule has 1 aromatic heterocycles. The van der Waals surface area contributed by atoms with Crippen LogP contribution in [0, 0.1) is 10.8 Å². The zero-order valence-corrected chi connectivity index (χ0v) is 11.1. The number of nitrogen functional groups attached to an aromatic ring is 1. The van der Waals surface area contributed by atoms with E-state index in [0.717, 1.165) is 25.7 Å². The number of H-pyrrole nitrogens is 1. The van der Waals surface area contributed by atoms with Gasteiger partial charge in [-0.3, -0.25) is 14.3 Å². The van der Waals surface area contributed by atoms with Crippen LogP contribution in [0.3, 0.4) is 0 Å². The summed E-state index contributed by atoms with van der Waals surface area (Å²) in [5, 5.41) is 2.87. The SMILES string of the molecule is CCCC(CCN=O)CCn1c(N)cc(=O)[nH]c1=O. The minimum atomic E-state index is -0.492. The summed E-state index contributed by atoms with van der Waals surface area (Å²) in [6.45, 7) is 2.80. The van der Waals surface area contributed by atoms with E-state index in [0.29, 0.717) is 19.0 Å². The molecule has 0 aliphatic heterocycles. The van der Waals surface area contributed by atoms with Crippen LogP contribution in [0.4, 0.5) is 5.82 Å². The van der Waals surface area contributed by atoms with Crippen molar-refractivity contribution in [3.63, 3.8) is 0 Å². The molecule has 106 valence electrons. The summed E-state index contributed by atoms with van der Waals surface area (Å²) in [6.07, 6.45) is 3.45. The summed E-state index contributed by atoms with van der Waals surface area (Å²) in [6, 6.07) is 1.20. The maximum Gasteiger partial charge on any atom is 0.329 e. The van der Waals surface area contributed by atoms with Crippen molar-refractivity contribution in [3.05, 3.63) is 31.8 Å². The van der Waals surface area contributed by atoms with Gasteiger partial charge in [0.15, 0.2) is 0 Å².